The Labute approximate surface area is 126 Å². The highest BCUT2D eigenvalue weighted by Crippen LogP contribution is 2.27. The summed E-state index contributed by atoms with van der Waals surface area (Å²) in [6.07, 6.45) is 0. The van der Waals surface area contributed by atoms with Gasteiger partial charge in [-0.2, -0.15) is 0 Å². The fraction of sp³-hybridized carbons (Fsp3) is 0.0833. The normalized spacial score (nSPS) is 10.1. The number of carbonyl (C=O) groups excluding carboxylic acids is 1. The van der Waals surface area contributed by atoms with Crippen molar-refractivity contribution >= 4 is 44.8 Å². The van der Waals surface area contributed by atoms with Crippen LogP contribution in [-0.4, -0.2) is 29.1 Å². The zero-order valence-electron chi connectivity index (χ0n) is 10.2. The van der Waals surface area contributed by atoms with Gasteiger partial charge in [-0.1, -0.05) is 0 Å². The molecule has 0 unspecified atom stereocenters. The van der Waals surface area contributed by atoms with Gasteiger partial charge in [0.2, 0.25) is 0 Å². The van der Waals surface area contributed by atoms with Gasteiger partial charge in [-0.15, -0.1) is 11.3 Å². The number of aromatic carboxylic acids is 1. The second-order valence-corrected chi connectivity index (χ2v) is 5.36. The van der Waals surface area contributed by atoms with Gasteiger partial charge in [-0.25, -0.2) is 9.78 Å². The number of aromatic nitrogens is 1. The molecule has 0 fully saturated rings. The Kier molecular flexibility index (Phi) is 4.35. The Morgan fingerprint density at radius 1 is 1.45 bits per heavy atom. The van der Waals surface area contributed by atoms with Crippen molar-refractivity contribution in [2.45, 2.75) is 0 Å². The van der Waals surface area contributed by atoms with Gasteiger partial charge in [0.05, 0.1) is 12.8 Å². The van der Waals surface area contributed by atoms with Crippen LogP contribution in [0.25, 0.3) is 0 Å². The molecule has 0 saturated carbocycles. The van der Waals surface area contributed by atoms with Gasteiger partial charge in [-0.05, 0) is 28.1 Å². The molecule has 1 aromatic heterocycles. The third kappa shape index (κ3) is 3.14. The number of hydrogen-bond donors (Lipinski definition) is 2. The van der Waals surface area contributed by atoms with Crippen LogP contribution in [0, 0.1) is 0 Å². The molecule has 0 aliphatic rings. The fourth-order valence-corrected chi connectivity index (χ4v) is 2.41. The third-order valence-electron chi connectivity index (χ3n) is 2.34. The summed E-state index contributed by atoms with van der Waals surface area (Å²) in [5.41, 5.74) is 0.367. The van der Waals surface area contributed by atoms with Crippen LogP contribution in [0.5, 0.6) is 5.75 Å². The van der Waals surface area contributed by atoms with Gasteiger partial charge >= 0.3 is 5.97 Å². The number of hydrogen-bond acceptors (Lipinski definition) is 5. The predicted octanol–water partition coefficient (Wildman–Crippen LogP) is 2.86. The zero-order valence-corrected chi connectivity index (χ0v) is 12.6. The van der Waals surface area contributed by atoms with Crippen molar-refractivity contribution < 1.29 is 19.4 Å². The highest BCUT2D eigenvalue weighted by Gasteiger charge is 2.16. The van der Waals surface area contributed by atoms with Crippen molar-refractivity contribution in [2.75, 3.05) is 12.4 Å². The van der Waals surface area contributed by atoms with Crippen LogP contribution in [0.1, 0.15) is 20.3 Å². The topological polar surface area (TPSA) is 88.5 Å². The van der Waals surface area contributed by atoms with E-state index in [1.165, 1.54) is 12.5 Å². The molecule has 2 aromatic rings. The summed E-state index contributed by atoms with van der Waals surface area (Å²) >= 11 is 4.28. The van der Waals surface area contributed by atoms with Crippen LogP contribution in [0.15, 0.2) is 28.1 Å². The first-order chi connectivity index (χ1) is 9.51. The average Bonchev–Trinajstić information content (AvgIpc) is 2.91. The summed E-state index contributed by atoms with van der Waals surface area (Å²) in [5.74, 6) is -1.05. The van der Waals surface area contributed by atoms with Gasteiger partial charge < -0.3 is 15.2 Å². The summed E-state index contributed by atoms with van der Waals surface area (Å²) in [6.45, 7) is 0. The number of ether oxygens (including phenoxy) is 1. The molecule has 104 valence electrons. The number of carboxylic acid groups (broad SMARTS) is 1. The molecule has 2 N–H and O–H groups in total. The predicted molar refractivity (Wildman–Crippen MR) is 77.7 cm³/mol. The number of thiazole rings is 1. The van der Waals surface area contributed by atoms with Crippen LogP contribution in [0.4, 0.5) is 5.69 Å². The molecule has 0 aliphatic carbocycles. The van der Waals surface area contributed by atoms with Crippen LogP contribution in [0.3, 0.4) is 0 Å². The molecule has 0 bridgehead atoms. The lowest BCUT2D eigenvalue weighted by Gasteiger charge is -2.07. The molecule has 2 rings (SSSR count). The maximum atomic E-state index is 12.0. The van der Waals surface area contributed by atoms with E-state index in [2.05, 4.69) is 26.2 Å². The van der Waals surface area contributed by atoms with Crippen molar-refractivity contribution in [3.63, 3.8) is 0 Å². The van der Waals surface area contributed by atoms with Crippen molar-refractivity contribution in [3.8, 4) is 5.75 Å². The molecule has 1 amide bonds. The molecule has 8 heteroatoms. The van der Waals surface area contributed by atoms with Crippen molar-refractivity contribution in [1.82, 2.24) is 4.98 Å². The van der Waals surface area contributed by atoms with Gasteiger partial charge in [0.25, 0.3) is 5.91 Å². The van der Waals surface area contributed by atoms with E-state index in [0.717, 1.165) is 11.3 Å². The second kappa shape index (κ2) is 6.02. The first kappa shape index (κ1) is 14.5. The number of methoxy groups -OCH3 is 1. The van der Waals surface area contributed by atoms with Gasteiger partial charge in [-0.3, -0.25) is 4.79 Å². The second-order valence-electron chi connectivity index (χ2n) is 3.64. The number of anilines is 1. The lowest BCUT2D eigenvalue weighted by molar-refractivity contribution is 0.0691. The van der Waals surface area contributed by atoms with Crippen molar-refractivity contribution in [3.05, 3.63) is 38.8 Å². The van der Waals surface area contributed by atoms with E-state index in [1.54, 1.807) is 18.2 Å². The minimum Gasteiger partial charge on any atom is -0.497 e. The maximum Gasteiger partial charge on any atom is 0.355 e. The lowest BCUT2D eigenvalue weighted by atomic mass is 10.3. The number of carboxylic acids is 1. The Hall–Kier alpha value is -1.93. The fourth-order valence-electron chi connectivity index (χ4n) is 1.38. The Balaban J connectivity index is 2.20. The van der Waals surface area contributed by atoms with Gasteiger partial charge in [0, 0.05) is 15.9 Å². The van der Waals surface area contributed by atoms with Gasteiger partial charge in [0.1, 0.15) is 5.75 Å². The first-order valence-corrected chi connectivity index (χ1v) is 7.02. The summed E-state index contributed by atoms with van der Waals surface area (Å²) in [6, 6.07) is 5.12. The highest BCUT2D eigenvalue weighted by atomic mass is 79.9. The van der Waals surface area contributed by atoms with E-state index in [9.17, 15) is 9.59 Å². The summed E-state index contributed by atoms with van der Waals surface area (Å²) in [7, 11) is 1.52. The average molecular weight is 357 g/mol. The van der Waals surface area contributed by atoms with Crippen LogP contribution in [-0.2, 0) is 0 Å². The quantitative estimate of drug-likeness (QED) is 0.879. The molecule has 0 atom stereocenters. The number of amides is 1. The molecule has 6 nitrogen and oxygen atoms in total. The molecule has 0 spiro atoms. The smallest absolute Gasteiger partial charge is 0.355 e. The minimum absolute atomic E-state index is 0.0807. The van der Waals surface area contributed by atoms with E-state index < -0.39 is 11.9 Å². The Morgan fingerprint density at radius 3 is 2.80 bits per heavy atom. The molecule has 0 saturated heterocycles. The van der Waals surface area contributed by atoms with E-state index in [1.807, 2.05) is 0 Å². The first-order valence-electron chi connectivity index (χ1n) is 5.35. The van der Waals surface area contributed by atoms with Gasteiger partial charge in [0.15, 0.2) is 10.7 Å². The van der Waals surface area contributed by atoms with Crippen LogP contribution < -0.4 is 10.1 Å². The van der Waals surface area contributed by atoms with E-state index in [0.29, 0.717) is 15.9 Å². The number of halogens is 1. The Morgan fingerprint density at radius 2 is 2.20 bits per heavy atom. The lowest BCUT2D eigenvalue weighted by Crippen LogP contribution is -2.12. The number of nitrogens with one attached hydrogen (secondary N) is 1. The molecule has 20 heavy (non-hydrogen) atoms. The van der Waals surface area contributed by atoms with E-state index in [-0.39, 0.29) is 10.7 Å². The summed E-state index contributed by atoms with van der Waals surface area (Å²) in [5, 5.41) is 12.8. The Bertz CT molecular complexity index is 671. The molecular weight excluding hydrogens is 348 g/mol. The number of carbonyl (C=O) groups is 2. The third-order valence-corrected chi connectivity index (χ3v) is 3.87. The minimum atomic E-state index is -1.16. The number of benzene rings is 1. The molecule has 1 aromatic carbocycles. The summed E-state index contributed by atoms with van der Waals surface area (Å²) < 4.78 is 5.75. The molecule has 0 radical (unpaired) electrons. The summed E-state index contributed by atoms with van der Waals surface area (Å²) in [4.78, 5) is 26.4. The molecule has 0 aliphatic heterocycles. The monoisotopic (exact) mass is 356 g/mol. The van der Waals surface area contributed by atoms with E-state index >= 15 is 0 Å². The molecule has 1 heterocycles. The van der Waals surface area contributed by atoms with Crippen LogP contribution in [0.2, 0.25) is 0 Å². The van der Waals surface area contributed by atoms with Crippen LogP contribution >= 0.6 is 27.3 Å². The zero-order chi connectivity index (χ0) is 14.7. The standard InChI is InChI=1S/C12H9BrN2O4S/c1-19-6-2-3-7(13)8(4-6)14-10(16)11-15-9(5-20-11)12(17)18/h2-5H,1H3,(H,14,16)(H,17,18). The SMILES string of the molecule is COc1ccc(Br)c(NC(=O)c2nc(C(=O)O)cs2)c1. The highest BCUT2D eigenvalue weighted by molar-refractivity contribution is 9.10. The number of rotatable bonds is 4. The maximum absolute atomic E-state index is 12.0. The molecular formula is C12H9BrN2O4S. The number of nitrogens with zero attached hydrogens (tertiary/aromatic N) is 1. The van der Waals surface area contributed by atoms with Crippen molar-refractivity contribution in [2.24, 2.45) is 0 Å². The van der Waals surface area contributed by atoms with E-state index in [4.69, 9.17) is 9.84 Å². The van der Waals surface area contributed by atoms with Crippen molar-refractivity contribution in [1.29, 1.82) is 0 Å². The largest absolute Gasteiger partial charge is 0.497 e.